The summed E-state index contributed by atoms with van der Waals surface area (Å²) in [6.45, 7) is 8.45. The van der Waals surface area contributed by atoms with Gasteiger partial charge in [-0.25, -0.2) is 4.79 Å². The monoisotopic (exact) mass is 367 g/mol. The fourth-order valence-corrected chi connectivity index (χ4v) is 4.50. The van der Waals surface area contributed by atoms with Crippen LogP contribution in [0.5, 0.6) is 0 Å². The molecule has 0 spiro atoms. The van der Waals surface area contributed by atoms with Gasteiger partial charge in [-0.3, -0.25) is 4.90 Å². The number of nitrogens with one attached hydrogen (secondary N) is 1. The molecule has 6 nitrogen and oxygen atoms in total. The summed E-state index contributed by atoms with van der Waals surface area (Å²) in [5.41, 5.74) is 1.25. The summed E-state index contributed by atoms with van der Waals surface area (Å²) >= 11 is 1.70. The topological polar surface area (TPSA) is 54.0 Å². The van der Waals surface area contributed by atoms with Crippen LogP contribution < -0.4 is 5.32 Å². The molecule has 0 aliphatic carbocycles. The highest BCUT2D eigenvalue weighted by molar-refractivity contribution is 7.10. The summed E-state index contributed by atoms with van der Waals surface area (Å²) in [6.07, 6.45) is 1.07. The van der Waals surface area contributed by atoms with Gasteiger partial charge in [-0.2, -0.15) is 0 Å². The number of nitrogens with zero attached hydrogens (tertiary/aromatic N) is 2. The highest BCUT2D eigenvalue weighted by Crippen LogP contribution is 2.22. The summed E-state index contributed by atoms with van der Waals surface area (Å²) in [5.74, 6) is 0.489. The molecule has 2 unspecified atom stereocenters. The number of thiophene rings is 1. The van der Waals surface area contributed by atoms with Crippen LogP contribution >= 0.6 is 11.3 Å². The number of urea groups is 1. The molecule has 2 aliphatic rings. The molecule has 25 heavy (non-hydrogen) atoms. The van der Waals surface area contributed by atoms with Crippen LogP contribution in [0.3, 0.4) is 0 Å². The molecule has 2 saturated heterocycles. The number of hydrogen-bond acceptors (Lipinski definition) is 5. The van der Waals surface area contributed by atoms with E-state index in [9.17, 15) is 4.79 Å². The van der Waals surface area contributed by atoms with Crippen molar-refractivity contribution in [3.63, 3.8) is 0 Å². The standard InChI is InChI=1S/C18H29N3O3S/c1-14-4-10-25-17(14)12-20(2)18(22)19-11-16(15-3-7-24-13-15)21-5-8-23-9-6-21/h4,10,15-16H,3,5-9,11-13H2,1-2H3,(H,19,22). The first kappa shape index (κ1) is 18.6. The number of aryl methyl sites for hydroxylation is 1. The van der Waals surface area contributed by atoms with Crippen LogP contribution in [-0.4, -0.2) is 75.0 Å². The van der Waals surface area contributed by atoms with E-state index in [1.54, 1.807) is 16.2 Å². The minimum absolute atomic E-state index is 0.00928. The lowest BCUT2D eigenvalue weighted by atomic mass is 9.97. The van der Waals surface area contributed by atoms with E-state index in [2.05, 4.69) is 28.6 Å². The Kier molecular flexibility index (Phi) is 6.70. The highest BCUT2D eigenvalue weighted by Gasteiger charge is 2.32. The van der Waals surface area contributed by atoms with E-state index in [-0.39, 0.29) is 6.03 Å². The lowest BCUT2D eigenvalue weighted by Crippen LogP contribution is -2.53. The molecule has 1 aromatic heterocycles. The van der Waals surface area contributed by atoms with Gasteiger partial charge in [-0.05, 0) is 30.4 Å². The van der Waals surface area contributed by atoms with Crippen molar-refractivity contribution in [1.82, 2.24) is 15.1 Å². The molecule has 0 bridgehead atoms. The summed E-state index contributed by atoms with van der Waals surface area (Å²) in [7, 11) is 1.86. The van der Waals surface area contributed by atoms with Gasteiger partial charge in [0, 0.05) is 50.1 Å². The molecule has 2 aliphatic heterocycles. The summed E-state index contributed by atoms with van der Waals surface area (Å²) in [5, 5.41) is 5.22. The number of rotatable bonds is 6. The molecule has 1 N–H and O–H groups in total. The summed E-state index contributed by atoms with van der Waals surface area (Å²) in [4.78, 5) is 18.0. The zero-order valence-electron chi connectivity index (χ0n) is 15.2. The van der Waals surface area contributed by atoms with Crippen molar-refractivity contribution in [3.8, 4) is 0 Å². The zero-order valence-corrected chi connectivity index (χ0v) is 16.0. The third kappa shape index (κ3) is 4.94. The van der Waals surface area contributed by atoms with Crippen LogP contribution in [0.4, 0.5) is 4.79 Å². The summed E-state index contributed by atoms with van der Waals surface area (Å²) in [6, 6.07) is 2.41. The summed E-state index contributed by atoms with van der Waals surface area (Å²) < 4.78 is 11.1. The maximum absolute atomic E-state index is 12.5. The average Bonchev–Trinajstić information content (AvgIpc) is 3.28. The largest absolute Gasteiger partial charge is 0.381 e. The number of carbonyl (C=O) groups is 1. The maximum atomic E-state index is 12.5. The second-order valence-electron chi connectivity index (χ2n) is 6.91. The van der Waals surface area contributed by atoms with Crippen molar-refractivity contribution >= 4 is 17.4 Å². The molecule has 0 aromatic carbocycles. The lowest BCUT2D eigenvalue weighted by molar-refractivity contribution is 0.00190. The Bertz CT molecular complexity index is 554. The van der Waals surface area contributed by atoms with E-state index in [0.717, 1.165) is 45.9 Å². The molecule has 0 saturated carbocycles. The SMILES string of the molecule is Cc1ccsc1CN(C)C(=O)NCC(C1CCOC1)N1CCOCC1. The first-order valence-corrected chi connectivity index (χ1v) is 9.94. The highest BCUT2D eigenvalue weighted by atomic mass is 32.1. The first-order valence-electron chi connectivity index (χ1n) is 9.06. The quantitative estimate of drug-likeness (QED) is 0.835. The number of amides is 2. The van der Waals surface area contributed by atoms with Gasteiger partial charge in [0.25, 0.3) is 0 Å². The van der Waals surface area contributed by atoms with Crippen LogP contribution in [0, 0.1) is 12.8 Å². The Morgan fingerprint density at radius 1 is 1.40 bits per heavy atom. The van der Waals surface area contributed by atoms with E-state index in [1.165, 1.54) is 10.4 Å². The van der Waals surface area contributed by atoms with Gasteiger partial charge in [0.2, 0.25) is 0 Å². The predicted octanol–water partition coefficient (Wildman–Crippen LogP) is 1.94. The molecular formula is C18H29N3O3S. The molecule has 0 radical (unpaired) electrons. The Morgan fingerprint density at radius 3 is 2.84 bits per heavy atom. The Hall–Kier alpha value is -1.15. The second kappa shape index (κ2) is 8.98. The normalized spacial score (nSPS) is 22.7. The van der Waals surface area contributed by atoms with Gasteiger partial charge >= 0.3 is 6.03 Å². The van der Waals surface area contributed by atoms with Crippen molar-refractivity contribution in [3.05, 3.63) is 21.9 Å². The van der Waals surface area contributed by atoms with Gasteiger partial charge in [-0.1, -0.05) is 0 Å². The van der Waals surface area contributed by atoms with E-state index < -0.39 is 0 Å². The van der Waals surface area contributed by atoms with Crippen molar-refractivity contribution in [2.75, 3.05) is 53.1 Å². The van der Waals surface area contributed by atoms with E-state index in [1.807, 2.05) is 7.05 Å². The minimum Gasteiger partial charge on any atom is -0.381 e. The molecule has 2 amide bonds. The maximum Gasteiger partial charge on any atom is 0.317 e. The van der Waals surface area contributed by atoms with Gasteiger partial charge < -0.3 is 19.7 Å². The van der Waals surface area contributed by atoms with Crippen molar-refractivity contribution < 1.29 is 14.3 Å². The lowest BCUT2D eigenvalue weighted by Gasteiger charge is -2.37. The molecule has 140 valence electrons. The zero-order chi connectivity index (χ0) is 17.6. The van der Waals surface area contributed by atoms with Crippen LogP contribution in [0.25, 0.3) is 0 Å². The number of hydrogen-bond donors (Lipinski definition) is 1. The average molecular weight is 368 g/mol. The Morgan fingerprint density at radius 2 is 2.20 bits per heavy atom. The van der Waals surface area contributed by atoms with Gasteiger partial charge in [0.1, 0.15) is 0 Å². The molecule has 3 heterocycles. The molecule has 7 heteroatoms. The van der Waals surface area contributed by atoms with E-state index in [0.29, 0.717) is 25.0 Å². The molecule has 3 rings (SSSR count). The third-order valence-corrected chi connectivity index (χ3v) is 6.19. The van der Waals surface area contributed by atoms with Crippen LogP contribution in [0.1, 0.15) is 16.9 Å². The predicted molar refractivity (Wildman–Crippen MR) is 99.0 cm³/mol. The van der Waals surface area contributed by atoms with Crippen molar-refractivity contribution in [1.29, 1.82) is 0 Å². The first-order chi connectivity index (χ1) is 12.1. The number of carbonyl (C=O) groups excluding carboxylic acids is 1. The van der Waals surface area contributed by atoms with Gasteiger partial charge in [0.15, 0.2) is 0 Å². The van der Waals surface area contributed by atoms with Gasteiger partial charge in [-0.15, -0.1) is 11.3 Å². The molecule has 1 aromatic rings. The number of ether oxygens (including phenoxy) is 2. The third-order valence-electron chi connectivity index (χ3n) is 5.18. The number of morpholine rings is 1. The van der Waals surface area contributed by atoms with Crippen LogP contribution in [0.2, 0.25) is 0 Å². The fourth-order valence-electron chi connectivity index (χ4n) is 3.54. The Balaban J connectivity index is 1.54. The van der Waals surface area contributed by atoms with E-state index >= 15 is 0 Å². The smallest absolute Gasteiger partial charge is 0.317 e. The van der Waals surface area contributed by atoms with Crippen LogP contribution in [-0.2, 0) is 16.0 Å². The van der Waals surface area contributed by atoms with Crippen molar-refractivity contribution in [2.45, 2.75) is 25.9 Å². The minimum atomic E-state index is -0.00928. The second-order valence-corrected chi connectivity index (χ2v) is 7.91. The van der Waals surface area contributed by atoms with Crippen molar-refractivity contribution in [2.24, 2.45) is 5.92 Å². The molecular weight excluding hydrogens is 338 g/mol. The van der Waals surface area contributed by atoms with Crippen LogP contribution in [0.15, 0.2) is 11.4 Å². The van der Waals surface area contributed by atoms with Gasteiger partial charge in [0.05, 0.1) is 26.4 Å². The van der Waals surface area contributed by atoms with E-state index in [4.69, 9.17) is 9.47 Å². The molecule has 2 fully saturated rings. The molecule has 2 atom stereocenters. The fraction of sp³-hybridized carbons (Fsp3) is 0.722. The Labute approximate surface area is 154 Å².